The number of alkyl halides is 3. The summed E-state index contributed by atoms with van der Waals surface area (Å²) < 4.78 is 50.0. The van der Waals surface area contributed by atoms with Crippen LogP contribution in [0.3, 0.4) is 0 Å². The summed E-state index contributed by atoms with van der Waals surface area (Å²) in [7, 11) is 0. The van der Waals surface area contributed by atoms with Crippen molar-refractivity contribution in [2.45, 2.75) is 13.1 Å². The lowest BCUT2D eigenvalue weighted by atomic mass is 10.0. The van der Waals surface area contributed by atoms with E-state index in [1.54, 1.807) is 0 Å². The largest absolute Gasteiger partial charge is 0.417 e. The third-order valence-electron chi connectivity index (χ3n) is 1.85. The Hall–Kier alpha value is -1.59. The van der Waals surface area contributed by atoms with E-state index in [9.17, 15) is 22.4 Å². The van der Waals surface area contributed by atoms with E-state index < -0.39 is 34.6 Å². The SMILES string of the molecule is CC(=O)c1c(C(F)(F)F)ccc(F)c1N. The number of hydrogen-bond acceptors (Lipinski definition) is 2. The Kier molecular flexibility index (Phi) is 2.70. The molecule has 0 saturated heterocycles. The summed E-state index contributed by atoms with van der Waals surface area (Å²) in [6.07, 6.45) is -4.72. The third kappa shape index (κ3) is 2.08. The number of Topliss-reactive ketones (excluding diaryl/α,β-unsaturated/α-hetero) is 1. The van der Waals surface area contributed by atoms with Crippen LogP contribution >= 0.6 is 0 Å². The maximum absolute atomic E-state index is 12.9. The average molecular weight is 221 g/mol. The molecule has 0 saturated carbocycles. The van der Waals surface area contributed by atoms with Crippen LogP contribution < -0.4 is 5.73 Å². The van der Waals surface area contributed by atoms with Crippen LogP contribution in [0.2, 0.25) is 0 Å². The highest BCUT2D eigenvalue weighted by molar-refractivity contribution is 6.00. The van der Waals surface area contributed by atoms with Gasteiger partial charge in [0.1, 0.15) is 5.82 Å². The third-order valence-corrected chi connectivity index (χ3v) is 1.85. The molecule has 0 radical (unpaired) electrons. The van der Waals surface area contributed by atoms with Crippen LogP contribution in [-0.4, -0.2) is 5.78 Å². The van der Waals surface area contributed by atoms with Crippen LogP contribution in [0.4, 0.5) is 23.2 Å². The summed E-state index contributed by atoms with van der Waals surface area (Å²) >= 11 is 0. The summed E-state index contributed by atoms with van der Waals surface area (Å²) in [6, 6.07) is 1.09. The second-order valence-corrected chi connectivity index (χ2v) is 2.94. The Morgan fingerprint density at radius 3 is 2.27 bits per heavy atom. The van der Waals surface area contributed by atoms with Crippen molar-refractivity contribution in [3.63, 3.8) is 0 Å². The Morgan fingerprint density at radius 1 is 1.33 bits per heavy atom. The van der Waals surface area contributed by atoms with Crippen LogP contribution in [0, 0.1) is 5.82 Å². The predicted molar refractivity (Wildman–Crippen MR) is 45.8 cm³/mol. The van der Waals surface area contributed by atoms with Crippen molar-refractivity contribution in [3.05, 3.63) is 29.1 Å². The molecular weight excluding hydrogens is 214 g/mol. The molecule has 0 spiro atoms. The number of halogens is 4. The second kappa shape index (κ2) is 3.52. The summed E-state index contributed by atoms with van der Waals surface area (Å²) in [5, 5.41) is 0. The second-order valence-electron chi connectivity index (χ2n) is 2.94. The monoisotopic (exact) mass is 221 g/mol. The Labute approximate surface area is 82.7 Å². The first-order valence-corrected chi connectivity index (χ1v) is 3.91. The minimum Gasteiger partial charge on any atom is -0.396 e. The molecule has 0 aliphatic rings. The molecule has 2 N–H and O–H groups in total. The highest BCUT2D eigenvalue weighted by Gasteiger charge is 2.36. The average Bonchev–Trinajstić information content (AvgIpc) is 2.06. The van der Waals surface area contributed by atoms with Gasteiger partial charge in [-0.15, -0.1) is 0 Å². The summed E-state index contributed by atoms with van der Waals surface area (Å²) in [5.74, 6) is -1.95. The number of anilines is 1. The number of carbonyl (C=O) groups is 1. The van der Waals surface area contributed by atoms with E-state index in [4.69, 9.17) is 5.73 Å². The molecule has 0 amide bonds. The fourth-order valence-corrected chi connectivity index (χ4v) is 1.21. The highest BCUT2D eigenvalue weighted by atomic mass is 19.4. The Bertz CT molecular complexity index is 411. The standard InChI is InChI=1S/C9H7F4NO/c1-4(15)7-5(9(11,12)13)2-3-6(10)8(7)14/h2-3H,14H2,1H3. The van der Waals surface area contributed by atoms with E-state index in [1.165, 1.54) is 0 Å². The molecule has 0 fully saturated rings. The molecule has 82 valence electrons. The van der Waals surface area contributed by atoms with Gasteiger partial charge in [-0.1, -0.05) is 0 Å². The van der Waals surface area contributed by atoms with Gasteiger partial charge in [-0.05, 0) is 19.1 Å². The summed E-state index contributed by atoms with van der Waals surface area (Å²) in [4.78, 5) is 10.9. The van der Waals surface area contributed by atoms with Gasteiger partial charge >= 0.3 is 6.18 Å². The van der Waals surface area contributed by atoms with Gasteiger partial charge < -0.3 is 5.73 Å². The van der Waals surface area contributed by atoms with E-state index in [-0.39, 0.29) is 0 Å². The molecule has 0 aliphatic carbocycles. The van der Waals surface area contributed by atoms with E-state index in [2.05, 4.69) is 0 Å². The molecule has 0 heterocycles. The molecule has 0 unspecified atom stereocenters. The van der Waals surface area contributed by atoms with E-state index >= 15 is 0 Å². The van der Waals surface area contributed by atoms with Gasteiger partial charge in [-0.2, -0.15) is 13.2 Å². The molecule has 0 aromatic heterocycles. The molecule has 0 aliphatic heterocycles. The first kappa shape index (κ1) is 11.5. The van der Waals surface area contributed by atoms with Crippen LogP contribution in [0.25, 0.3) is 0 Å². The van der Waals surface area contributed by atoms with Crippen molar-refractivity contribution >= 4 is 11.5 Å². The number of benzene rings is 1. The number of nitrogen functional groups attached to an aromatic ring is 1. The smallest absolute Gasteiger partial charge is 0.396 e. The van der Waals surface area contributed by atoms with Crippen molar-refractivity contribution < 1.29 is 22.4 Å². The van der Waals surface area contributed by atoms with Gasteiger partial charge in [-0.25, -0.2) is 4.39 Å². The summed E-state index contributed by atoms with van der Waals surface area (Å²) in [5.41, 5.74) is 2.29. The number of carbonyl (C=O) groups excluding carboxylic acids is 1. The molecule has 1 aromatic carbocycles. The molecule has 2 nitrogen and oxygen atoms in total. The molecule has 0 bridgehead atoms. The Balaban J connectivity index is 3.55. The van der Waals surface area contributed by atoms with Crippen LogP contribution in [0.5, 0.6) is 0 Å². The van der Waals surface area contributed by atoms with Crippen molar-refractivity contribution in [1.82, 2.24) is 0 Å². The van der Waals surface area contributed by atoms with E-state index in [0.717, 1.165) is 6.92 Å². The minimum absolute atomic E-state index is 0.502. The maximum atomic E-state index is 12.9. The molecule has 1 rings (SSSR count). The number of ketones is 1. The van der Waals surface area contributed by atoms with Gasteiger partial charge in [0.2, 0.25) is 0 Å². The van der Waals surface area contributed by atoms with Crippen LogP contribution in [-0.2, 0) is 6.18 Å². The zero-order valence-corrected chi connectivity index (χ0v) is 7.65. The van der Waals surface area contributed by atoms with E-state index in [1.807, 2.05) is 0 Å². The molecule has 15 heavy (non-hydrogen) atoms. The highest BCUT2D eigenvalue weighted by Crippen LogP contribution is 2.35. The zero-order chi connectivity index (χ0) is 11.8. The first-order valence-electron chi connectivity index (χ1n) is 3.91. The number of nitrogens with two attached hydrogens (primary N) is 1. The molecule has 6 heteroatoms. The van der Waals surface area contributed by atoms with Gasteiger partial charge in [0.25, 0.3) is 0 Å². The maximum Gasteiger partial charge on any atom is 0.417 e. The summed E-state index contributed by atoms with van der Waals surface area (Å²) in [6.45, 7) is 0.903. The minimum atomic E-state index is -4.72. The van der Waals surface area contributed by atoms with Crippen molar-refractivity contribution in [2.75, 3.05) is 5.73 Å². The predicted octanol–water partition coefficient (Wildman–Crippen LogP) is 2.63. The van der Waals surface area contributed by atoms with Crippen LogP contribution in [0.15, 0.2) is 12.1 Å². The van der Waals surface area contributed by atoms with Gasteiger partial charge in [0.15, 0.2) is 5.78 Å². The molecule has 0 atom stereocenters. The topological polar surface area (TPSA) is 43.1 Å². The normalized spacial score (nSPS) is 11.5. The number of hydrogen-bond donors (Lipinski definition) is 1. The van der Waals surface area contributed by atoms with Crippen molar-refractivity contribution in [2.24, 2.45) is 0 Å². The van der Waals surface area contributed by atoms with Crippen molar-refractivity contribution in [1.29, 1.82) is 0 Å². The fourth-order valence-electron chi connectivity index (χ4n) is 1.21. The van der Waals surface area contributed by atoms with Crippen LogP contribution in [0.1, 0.15) is 22.8 Å². The fraction of sp³-hybridized carbons (Fsp3) is 0.222. The lowest BCUT2D eigenvalue weighted by molar-refractivity contribution is -0.137. The van der Waals surface area contributed by atoms with Gasteiger partial charge in [0.05, 0.1) is 16.8 Å². The van der Waals surface area contributed by atoms with Gasteiger partial charge in [-0.3, -0.25) is 4.79 Å². The van der Waals surface area contributed by atoms with Gasteiger partial charge in [0, 0.05) is 0 Å². The van der Waals surface area contributed by atoms with E-state index in [0.29, 0.717) is 12.1 Å². The first-order chi connectivity index (χ1) is 6.75. The molecule has 1 aromatic rings. The van der Waals surface area contributed by atoms with Crippen molar-refractivity contribution in [3.8, 4) is 0 Å². The quantitative estimate of drug-likeness (QED) is 0.450. The Morgan fingerprint density at radius 2 is 1.87 bits per heavy atom. The lowest BCUT2D eigenvalue weighted by Crippen LogP contribution is -2.15. The lowest BCUT2D eigenvalue weighted by Gasteiger charge is -2.13. The number of rotatable bonds is 1. The zero-order valence-electron chi connectivity index (χ0n) is 7.65. The molecular formula is C9H7F4NO.